The molecular weight excluding hydrogens is 425 g/mol. The smallest absolute Gasteiger partial charge is 0.230 e. The van der Waals surface area contributed by atoms with Crippen LogP contribution in [0.25, 0.3) is 0 Å². The summed E-state index contributed by atoms with van der Waals surface area (Å²) in [4.78, 5) is 14.5. The molecule has 0 aliphatic rings. The van der Waals surface area contributed by atoms with Gasteiger partial charge in [-0.15, -0.1) is 10.2 Å². The van der Waals surface area contributed by atoms with E-state index in [0.29, 0.717) is 19.5 Å². The molecule has 0 spiro atoms. The fourth-order valence-corrected chi connectivity index (χ4v) is 4.30. The molecule has 3 aromatic rings. The van der Waals surface area contributed by atoms with E-state index in [4.69, 9.17) is 0 Å². The van der Waals surface area contributed by atoms with E-state index < -0.39 is 0 Å². The van der Waals surface area contributed by atoms with Gasteiger partial charge in [0.15, 0.2) is 11.0 Å². The number of nitrogens with zero attached hydrogens (tertiary/aromatic N) is 4. The molecule has 1 amide bonds. The second-order valence-electron chi connectivity index (χ2n) is 7.82. The predicted octanol–water partition coefficient (Wildman–Crippen LogP) is 3.93. The zero-order valence-electron chi connectivity index (χ0n) is 18.8. The van der Waals surface area contributed by atoms with Crippen molar-refractivity contribution in [3.8, 4) is 0 Å². The van der Waals surface area contributed by atoms with Crippen molar-refractivity contribution in [2.45, 2.75) is 37.5 Å². The zero-order chi connectivity index (χ0) is 22.9. The van der Waals surface area contributed by atoms with Crippen LogP contribution in [0.5, 0.6) is 0 Å². The maximum atomic E-state index is 13.0. The molecule has 0 fully saturated rings. The van der Waals surface area contributed by atoms with E-state index in [1.807, 2.05) is 32.3 Å². The van der Waals surface area contributed by atoms with Crippen LogP contribution < -0.4 is 5.32 Å². The average molecular weight is 456 g/mol. The highest BCUT2D eigenvalue weighted by atomic mass is 32.2. The van der Waals surface area contributed by atoms with Gasteiger partial charge in [-0.25, -0.2) is 4.39 Å². The van der Waals surface area contributed by atoms with Crippen molar-refractivity contribution in [1.29, 1.82) is 0 Å². The average Bonchev–Trinajstić information content (AvgIpc) is 3.16. The van der Waals surface area contributed by atoms with Gasteiger partial charge in [-0.05, 0) is 50.2 Å². The first kappa shape index (κ1) is 23.9. The summed E-state index contributed by atoms with van der Waals surface area (Å²) >= 11 is 1.39. The van der Waals surface area contributed by atoms with E-state index in [1.54, 1.807) is 12.1 Å². The minimum absolute atomic E-state index is 0.0624. The largest absolute Gasteiger partial charge is 0.355 e. The lowest BCUT2D eigenvalue weighted by molar-refractivity contribution is -0.118. The van der Waals surface area contributed by atoms with Gasteiger partial charge in [0.25, 0.3) is 0 Å². The first-order valence-corrected chi connectivity index (χ1v) is 11.7. The SMILES string of the molecule is CC[C@H](c1nnc(SCC(=O)NCCc2ccc(F)cc2)n1Cc1ccccc1)N(C)C. The van der Waals surface area contributed by atoms with Crippen LogP contribution in [0, 0.1) is 5.82 Å². The van der Waals surface area contributed by atoms with E-state index in [-0.39, 0.29) is 23.5 Å². The summed E-state index contributed by atoms with van der Waals surface area (Å²) in [5.74, 6) is 0.843. The maximum Gasteiger partial charge on any atom is 0.230 e. The maximum absolute atomic E-state index is 13.0. The molecule has 0 saturated heterocycles. The third kappa shape index (κ3) is 6.64. The van der Waals surface area contributed by atoms with Crippen LogP contribution in [0.1, 0.15) is 36.3 Å². The van der Waals surface area contributed by atoms with E-state index in [0.717, 1.165) is 28.5 Å². The van der Waals surface area contributed by atoms with Crippen LogP contribution in [-0.4, -0.2) is 52.0 Å². The van der Waals surface area contributed by atoms with Gasteiger partial charge in [0, 0.05) is 6.54 Å². The lowest BCUT2D eigenvalue weighted by Crippen LogP contribution is -2.27. The normalized spacial score (nSPS) is 12.2. The number of hydrogen-bond acceptors (Lipinski definition) is 5. The quantitative estimate of drug-likeness (QED) is 0.444. The number of rotatable bonds is 11. The number of hydrogen-bond donors (Lipinski definition) is 1. The van der Waals surface area contributed by atoms with Crippen LogP contribution >= 0.6 is 11.8 Å². The minimum atomic E-state index is -0.257. The molecule has 1 atom stereocenters. The molecule has 0 aliphatic carbocycles. The van der Waals surface area contributed by atoms with Gasteiger partial charge in [-0.2, -0.15) is 0 Å². The van der Waals surface area contributed by atoms with Gasteiger partial charge >= 0.3 is 0 Å². The Labute approximate surface area is 193 Å². The van der Waals surface area contributed by atoms with Gasteiger partial charge in [0.05, 0.1) is 18.3 Å². The lowest BCUT2D eigenvalue weighted by Gasteiger charge is -2.23. The van der Waals surface area contributed by atoms with E-state index in [2.05, 4.69) is 44.0 Å². The Kier molecular flexibility index (Phi) is 8.81. The summed E-state index contributed by atoms with van der Waals surface area (Å²) < 4.78 is 15.1. The Bertz CT molecular complexity index is 991. The lowest BCUT2D eigenvalue weighted by atomic mass is 10.1. The number of nitrogens with one attached hydrogen (secondary N) is 1. The second kappa shape index (κ2) is 11.8. The molecule has 1 heterocycles. The predicted molar refractivity (Wildman–Crippen MR) is 126 cm³/mol. The topological polar surface area (TPSA) is 63.1 Å². The van der Waals surface area contributed by atoms with Crippen LogP contribution in [0.3, 0.4) is 0 Å². The number of benzene rings is 2. The van der Waals surface area contributed by atoms with Gasteiger partial charge in [0.2, 0.25) is 5.91 Å². The van der Waals surface area contributed by atoms with Crippen molar-refractivity contribution < 1.29 is 9.18 Å². The molecule has 170 valence electrons. The summed E-state index contributed by atoms with van der Waals surface area (Å²) in [5, 5.41) is 12.5. The molecule has 32 heavy (non-hydrogen) atoms. The molecule has 3 rings (SSSR count). The molecule has 1 aromatic heterocycles. The van der Waals surface area contributed by atoms with Crippen LogP contribution in [0.4, 0.5) is 4.39 Å². The molecule has 0 saturated carbocycles. The number of carbonyl (C=O) groups is 1. The van der Waals surface area contributed by atoms with Gasteiger partial charge in [-0.1, -0.05) is 61.2 Å². The Morgan fingerprint density at radius 1 is 1.09 bits per heavy atom. The van der Waals surface area contributed by atoms with Crippen LogP contribution in [-0.2, 0) is 17.8 Å². The monoisotopic (exact) mass is 455 g/mol. The number of thioether (sulfide) groups is 1. The van der Waals surface area contributed by atoms with E-state index in [1.165, 1.54) is 23.9 Å². The number of amides is 1. The van der Waals surface area contributed by atoms with Crippen molar-refractivity contribution in [3.05, 3.63) is 77.4 Å². The number of carbonyl (C=O) groups excluding carboxylic acids is 1. The van der Waals surface area contributed by atoms with E-state index in [9.17, 15) is 9.18 Å². The van der Waals surface area contributed by atoms with Crippen molar-refractivity contribution in [3.63, 3.8) is 0 Å². The third-order valence-corrected chi connectivity index (χ3v) is 6.19. The number of aromatic nitrogens is 3. The van der Waals surface area contributed by atoms with E-state index >= 15 is 0 Å². The molecular formula is C24H30FN5OS. The molecule has 0 bridgehead atoms. The Morgan fingerprint density at radius 3 is 2.47 bits per heavy atom. The highest BCUT2D eigenvalue weighted by molar-refractivity contribution is 7.99. The van der Waals surface area contributed by atoms with Crippen molar-refractivity contribution in [1.82, 2.24) is 25.0 Å². The molecule has 0 radical (unpaired) electrons. The van der Waals surface area contributed by atoms with Crippen molar-refractivity contribution >= 4 is 17.7 Å². The third-order valence-electron chi connectivity index (χ3n) is 5.22. The van der Waals surface area contributed by atoms with Crippen molar-refractivity contribution in [2.75, 3.05) is 26.4 Å². The van der Waals surface area contributed by atoms with Gasteiger partial charge < -0.3 is 9.88 Å². The molecule has 1 N–H and O–H groups in total. The van der Waals surface area contributed by atoms with Gasteiger partial charge in [0.1, 0.15) is 5.82 Å². The Balaban J connectivity index is 1.63. The second-order valence-corrected chi connectivity index (χ2v) is 8.76. The summed E-state index contributed by atoms with van der Waals surface area (Å²) in [6.07, 6.45) is 1.57. The highest BCUT2D eigenvalue weighted by Gasteiger charge is 2.22. The molecule has 2 aromatic carbocycles. The molecule has 0 aliphatic heterocycles. The first-order valence-electron chi connectivity index (χ1n) is 10.7. The Morgan fingerprint density at radius 2 is 1.81 bits per heavy atom. The Hall–Kier alpha value is -2.71. The summed E-state index contributed by atoms with van der Waals surface area (Å²) in [7, 11) is 4.08. The first-order chi connectivity index (χ1) is 15.5. The van der Waals surface area contributed by atoms with Crippen LogP contribution in [0.2, 0.25) is 0 Å². The summed E-state index contributed by atoms with van der Waals surface area (Å²) in [5.41, 5.74) is 2.15. The number of halogens is 1. The molecule has 6 nitrogen and oxygen atoms in total. The summed E-state index contributed by atoms with van der Waals surface area (Å²) in [6, 6.07) is 16.7. The minimum Gasteiger partial charge on any atom is -0.355 e. The van der Waals surface area contributed by atoms with Gasteiger partial charge in [-0.3, -0.25) is 9.69 Å². The zero-order valence-corrected chi connectivity index (χ0v) is 19.6. The molecule has 0 unspecified atom stereocenters. The standard InChI is InChI=1S/C24H30FN5OS/c1-4-21(29(2)3)23-27-28-24(30(23)16-19-8-6-5-7-9-19)32-17-22(31)26-15-14-18-10-12-20(25)13-11-18/h5-13,21H,4,14-17H2,1-3H3,(H,26,31)/t21-/m1/s1. The highest BCUT2D eigenvalue weighted by Crippen LogP contribution is 2.26. The molecule has 8 heteroatoms. The fourth-order valence-electron chi connectivity index (χ4n) is 3.53. The van der Waals surface area contributed by atoms with Crippen LogP contribution in [0.15, 0.2) is 59.8 Å². The summed E-state index contributed by atoms with van der Waals surface area (Å²) in [6.45, 7) is 3.29. The van der Waals surface area contributed by atoms with Crippen molar-refractivity contribution in [2.24, 2.45) is 0 Å². The fraction of sp³-hybridized carbons (Fsp3) is 0.375.